The van der Waals surface area contributed by atoms with Crippen LogP contribution in [0.15, 0.2) is 22.7 Å². The Labute approximate surface area is 119 Å². The summed E-state index contributed by atoms with van der Waals surface area (Å²) >= 11 is 3.65. The second kappa shape index (κ2) is 5.22. The zero-order valence-corrected chi connectivity index (χ0v) is 13.3. The lowest BCUT2D eigenvalue weighted by Crippen LogP contribution is -2.49. The minimum absolute atomic E-state index is 0.192. The molecular weight excluding hydrogens is 288 g/mol. The fourth-order valence-corrected chi connectivity index (χ4v) is 3.22. The molecule has 3 heteroatoms. The van der Waals surface area contributed by atoms with Crippen molar-refractivity contribution in [2.24, 2.45) is 0 Å². The average molecular weight is 311 g/mol. The van der Waals surface area contributed by atoms with Crippen LogP contribution in [-0.2, 0) is 0 Å². The van der Waals surface area contributed by atoms with Gasteiger partial charge in [0.2, 0.25) is 0 Å². The highest BCUT2D eigenvalue weighted by Gasteiger charge is 2.32. The van der Waals surface area contributed by atoms with Gasteiger partial charge >= 0.3 is 0 Å². The summed E-state index contributed by atoms with van der Waals surface area (Å²) in [7, 11) is 0. The first-order valence-electron chi connectivity index (χ1n) is 6.68. The summed E-state index contributed by atoms with van der Waals surface area (Å²) in [5, 5.41) is 3.52. The first kappa shape index (κ1) is 13.9. The highest BCUT2D eigenvalue weighted by Crippen LogP contribution is 2.32. The lowest BCUT2D eigenvalue weighted by Gasteiger charge is -2.43. The van der Waals surface area contributed by atoms with Crippen molar-refractivity contribution in [3.8, 4) is 0 Å². The van der Waals surface area contributed by atoms with Crippen LogP contribution in [0.1, 0.15) is 32.8 Å². The van der Waals surface area contributed by atoms with E-state index in [1.165, 1.54) is 22.1 Å². The average Bonchev–Trinajstić information content (AvgIpc) is 2.41. The standard InChI is InChI=1S/C15H23BrN2/c1-11-5-6-13(9-14(11)16)18-12(2)10-17-8-7-15(18,3)4/h5-6,9,12,17H,7-8,10H2,1-4H3. The monoisotopic (exact) mass is 310 g/mol. The molecule has 2 nitrogen and oxygen atoms in total. The zero-order chi connectivity index (χ0) is 13.3. The molecule has 0 bridgehead atoms. The van der Waals surface area contributed by atoms with Crippen LogP contribution in [0.4, 0.5) is 5.69 Å². The van der Waals surface area contributed by atoms with Gasteiger partial charge in [0.25, 0.3) is 0 Å². The molecule has 0 saturated carbocycles. The molecule has 1 N–H and O–H groups in total. The summed E-state index contributed by atoms with van der Waals surface area (Å²) in [4.78, 5) is 2.55. The van der Waals surface area contributed by atoms with Gasteiger partial charge in [-0.3, -0.25) is 0 Å². The van der Waals surface area contributed by atoms with Crippen LogP contribution in [0.5, 0.6) is 0 Å². The fourth-order valence-electron chi connectivity index (χ4n) is 2.85. The van der Waals surface area contributed by atoms with Gasteiger partial charge in [-0.15, -0.1) is 0 Å². The first-order valence-corrected chi connectivity index (χ1v) is 7.47. The van der Waals surface area contributed by atoms with Crippen LogP contribution in [0.3, 0.4) is 0 Å². The van der Waals surface area contributed by atoms with E-state index < -0.39 is 0 Å². The summed E-state index contributed by atoms with van der Waals surface area (Å²) < 4.78 is 1.19. The molecule has 0 radical (unpaired) electrons. The summed E-state index contributed by atoms with van der Waals surface area (Å²) in [6.45, 7) is 11.3. The Morgan fingerprint density at radius 3 is 2.78 bits per heavy atom. The number of anilines is 1. The van der Waals surface area contributed by atoms with Crippen molar-refractivity contribution in [3.63, 3.8) is 0 Å². The number of hydrogen-bond donors (Lipinski definition) is 1. The van der Waals surface area contributed by atoms with Crippen LogP contribution >= 0.6 is 15.9 Å². The van der Waals surface area contributed by atoms with Crippen LogP contribution in [0.25, 0.3) is 0 Å². The predicted octanol–water partition coefficient (Wildman–Crippen LogP) is 3.72. The number of nitrogens with zero attached hydrogens (tertiary/aromatic N) is 1. The molecule has 0 aliphatic carbocycles. The highest BCUT2D eigenvalue weighted by molar-refractivity contribution is 9.10. The number of hydrogen-bond acceptors (Lipinski definition) is 2. The molecule has 100 valence electrons. The van der Waals surface area contributed by atoms with Crippen molar-refractivity contribution in [3.05, 3.63) is 28.2 Å². The Morgan fingerprint density at radius 2 is 2.11 bits per heavy atom. The van der Waals surface area contributed by atoms with E-state index in [2.05, 4.69) is 72.0 Å². The Morgan fingerprint density at radius 1 is 1.39 bits per heavy atom. The Kier molecular flexibility index (Phi) is 4.02. The number of halogens is 1. The molecule has 18 heavy (non-hydrogen) atoms. The van der Waals surface area contributed by atoms with E-state index in [4.69, 9.17) is 0 Å². The molecule has 1 unspecified atom stereocenters. The van der Waals surface area contributed by atoms with Gasteiger partial charge in [0, 0.05) is 28.3 Å². The maximum atomic E-state index is 3.65. The third-order valence-corrected chi connectivity index (χ3v) is 4.73. The molecule has 1 aromatic rings. The Balaban J connectivity index is 2.40. The SMILES string of the molecule is Cc1ccc(N2C(C)CNCCC2(C)C)cc1Br. The molecule has 1 fully saturated rings. The van der Waals surface area contributed by atoms with Gasteiger partial charge in [0.05, 0.1) is 0 Å². The van der Waals surface area contributed by atoms with Gasteiger partial charge in [-0.25, -0.2) is 0 Å². The summed E-state index contributed by atoms with van der Waals surface area (Å²) in [5.41, 5.74) is 2.79. The van der Waals surface area contributed by atoms with Crippen LogP contribution < -0.4 is 10.2 Å². The van der Waals surface area contributed by atoms with Crippen molar-refractivity contribution in [1.82, 2.24) is 5.32 Å². The van der Waals surface area contributed by atoms with Crippen molar-refractivity contribution in [1.29, 1.82) is 0 Å². The van der Waals surface area contributed by atoms with Gasteiger partial charge in [-0.2, -0.15) is 0 Å². The van der Waals surface area contributed by atoms with Gasteiger partial charge in [0.1, 0.15) is 0 Å². The largest absolute Gasteiger partial charge is 0.362 e. The molecule has 0 aromatic heterocycles. The first-order chi connectivity index (χ1) is 8.42. The predicted molar refractivity (Wildman–Crippen MR) is 82.4 cm³/mol. The topological polar surface area (TPSA) is 15.3 Å². The van der Waals surface area contributed by atoms with Gasteiger partial charge in [-0.05, 0) is 58.4 Å². The number of nitrogens with one attached hydrogen (secondary N) is 1. The maximum absolute atomic E-state index is 3.65. The molecule has 1 atom stereocenters. The molecule has 2 rings (SSSR count). The van der Waals surface area contributed by atoms with E-state index in [9.17, 15) is 0 Å². The van der Waals surface area contributed by atoms with Crippen LogP contribution in [0.2, 0.25) is 0 Å². The second-order valence-corrected chi connectivity index (χ2v) is 6.77. The van der Waals surface area contributed by atoms with Crippen molar-refractivity contribution in [2.45, 2.75) is 45.7 Å². The van der Waals surface area contributed by atoms with Crippen molar-refractivity contribution in [2.75, 3.05) is 18.0 Å². The molecule has 0 spiro atoms. The molecule has 1 aliphatic heterocycles. The minimum Gasteiger partial charge on any atom is -0.362 e. The molecular formula is C15H23BrN2. The minimum atomic E-state index is 0.192. The molecule has 0 amide bonds. The third-order valence-electron chi connectivity index (χ3n) is 3.88. The van der Waals surface area contributed by atoms with E-state index >= 15 is 0 Å². The van der Waals surface area contributed by atoms with Gasteiger partial charge in [0.15, 0.2) is 0 Å². The van der Waals surface area contributed by atoms with Crippen molar-refractivity contribution >= 4 is 21.6 Å². The third kappa shape index (κ3) is 2.72. The summed E-state index contributed by atoms with van der Waals surface area (Å²) in [6, 6.07) is 7.19. The number of benzene rings is 1. The molecule has 1 aromatic carbocycles. The van der Waals surface area contributed by atoms with E-state index in [0.717, 1.165) is 13.1 Å². The summed E-state index contributed by atoms with van der Waals surface area (Å²) in [5.74, 6) is 0. The summed E-state index contributed by atoms with van der Waals surface area (Å²) in [6.07, 6.45) is 1.17. The lowest BCUT2D eigenvalue weighted by molar-refractivity contribution is 0.426. The van der Waals surface area contributed by atoms with Gasteiger partial charge < -0.3 is 10.2 Å². The lowest BCUT2D eigenvalue weighted by atomic mass is 9.96. The molecule has 1 saturated heterocycles. The normalized spacial score (nSPS) is 23.8. The zero-order valence-electron chi connectivity index (χ0n) is 11.8. The van der Waals surface area contributed by atoms with E-state index in [1.807, 2.05) is 0 Å². The van der Waals surface area contributed by atoms with Crippen molar-refractivity contribution < 1.29 is 0 Å². The highest BCUT2D eigenvalue weighted by atomic mass is 79.9. The number of aryl methyl sites for hydroxylation is 1. The Hall–Kier alpha value is -0.540. The quantitative estimate of drug-likeness (QED) is 0.850. The van der Waals surface area contributed by atoms with E-state index in [1.54, 1.807) is 0 Å². The fraction of sp³-hybridized carbons (Fsp3) is 0.600. The smallest absolute Gasteiger partial charge is 0.0391 e. The van der Waals surface area contributed by atoms with E-state index in [0.29, 0.717) is 6.04 Å². The maximum Gasteiger partial charge on any atom is 0.0391 e. The molecule has 1 aliphatic rings. The molecule has 1 heterocycles. The van der Waals surface area contributed by atoms with E-state index in [-0.39, 0.29) is 5.54 Å². The van der Waals surface area contributed by atoms with Gasteiger partial charge in [-0.1, -0.05) is 22.0 Å². The number of rotatable bonds is 1. The van der Waals surface area contributed by atoms with Crippen LogP contribution in [0, 0.1) is 6.92 Å². The Bertz CT molecular complexity index is 429. The van der Waals surface area contributed by atoms with Crippen LogP contribution in [-0.4, -0.2) is 24.7 Å². The second-order valence-electron chi connectivity index (χ2n) is 5.92.